The predicted molar refractivity (Wildman–Crippen MR) is 142 cm³/mol. The Labute approximate surface area is 218 Å². The summed E-state index contributed by atoms with van der Waals surface area (Å²) < 4.78 is 27.0. The van der Waals surface area contributed by atoms with E-state index in [1.54, 1.807) is 24.3 Å². The van der Waals surface area contributed by atoms with Gasteiger partial charge in [-0.25, -0.2) is 13.4 Å². The van der Waals surface area contributed by atoms with Crippen LogP contribution in [0.4, 0.5) is 17.5 Å². The van der Waals surface area contributed by atoms with Gasteiger partial charge in [0, 0.05) is 23.2 Å². The molecule has 1 aromatic heterocycles. The molecular weight excluding hydrogens is 544 g/mol. The fraction of sp³-hybridized carbons (Fsp3) is 0.269. The number of halogens is 1. The summed E-state index contributed by atoms with van der Waals surface area (Å²) in [6, 6.07) is 15.1. The number of carboxylic acids is 1. The van der Waals surface area contributed by atoms with Gasteiger partial charge in [-0.2, -0.15) is 4.98 Å². The first kappa shape index (κ1) is 24.5. The van der Waals surface area contributed by atoms with Gasteiger partial charge in [0.05, 0.1) is 17.9 Å². The molecule has 0 unspecified atom stereocenters. The van der Waals surface area contributed by atoms with Crippen molar-refractivity contribution in [3.8, 4) is 0 Å². The van der Waals surface area contributed by atoms with E-state index in [4.69, 9.17) is 5.11 Å². The number of aliphatic carboxylic acids is 1. The summed E-state index contributed by atoms with van der Waals surface area (Å²) in [6.07, 6.45) is 4.02. The summed E-state index contributed by atoms with van der Waals surface area (Å²) in [5, 5.41) is 12.2. The van der Waals surface area contributed by atoms with Crippen molar-refractivity contribution in [2.24, 2.45) is 0 Å². The Bertz CT molecular complexity index is 1440. The molecule has 3 aromatic rings. The molecule has 0 radical (unpaired) electrons. The molecule has 36 heavy (non-hydrogen) atoms. The van der Waals surface area contributed by atoms with Crippen molar-refractivity contribution in [3.05, 3.63) is 75.9 Å². The summed E-state index contributed by atoms with van der Waals surface area (Å²) in [5.41, 5.74) is 4.28. The zero-order valence-corrected chi connectivity index (χ0v) is 21.8. The molecule has 186 valence electrons. The molecule has 3 heterocycles. The molecule has 0 bridgehead atoms. The van der Waals surface area contributed by atoms with Gasteiger partial charge in [-0.15, -0.1) is 0 Å². The molecule has 8 nitrogen and oxygen atoms in total. The zero-order chi connectivity index (χ0) is 25.3. The average Bonchev–Trinajstić information content (AvgIpc) is 2.85. The fourth-order valence-electron chi connectivity index (χ4n) is 4.53. The smallest absolute Gasteiger partial charge is 0.307 e. The van der Waals surface area contributed by atoms with Crippen LogP contribution in [0.3, 0.4) is 0 Å². The number of anilines is 3. The lowest BCUT2D eigenvalue weighted by Gasteiger charge is -2.29. The Kier molecular flexibility index (Phi) is 6.81. The van der Waals surface area contributed by atoms with Gasteiger partial charge in [0.25, 0.3) is 0 Å². The average molecular weight is 569 g/mol. The van der Waals surface area contributed by atoms with Crippen molar-refractivity contribution in [1.29, 1.82) is 0 Å². The van der Waals surface area contributed by atoms with Crippen molar-refractivity contribution in [2.45, 2.75) is 30.6 Å². The number of sulfone groups is 1. The SMILES string of the molecule is O=C(O)Cc1ccc(Nc2nc(N3CC=C(c4ccc(Br)cc4)CC3)nc3c2S(=O)(=O)CCC3)cc1. The maximum Gasteiger partial charge on any atom is 0.307 e. The molecule has 10 heteroatoms. The third-order valence-electron chi connectivity index (χ3n) is 6.34. The van der Waals surface area contributed by atoms with Crippen molar-refractivity contribution in [2.75, 3.05) is 29.1 Å². The third-order valence-corrected chi connectivity index (χ3v) is 8.75. The molecule has 0 spiro atoms. The maximum atomic E-state index is 13.0. The van der Waals surface area contributed by atoms with Crippen LogP contribution in [-0.2, 0) is 27.5 Å². The summed E-state index contributed by atoms with van der Waals surface area (Å²) in [4.78, 5) is 22.6. The predicted octanol–water partition coefficient (Wildman–Crippen LogP) is 4.62. The molecule has 2 aromatic carbocycles. The molecule has 5 rings (SSSR count). The Morgan fingerprint density at radius 3 is 2.47 bits per heavy atom. The molecule has 2 N–H and O–H groups in total. The maximum absolute atomic E-state index is 13.0. The van der Waals surface area contributed by atoms with Gasteiger partial charge in [-0.3, -0.25) is 4.79 Å². The van der Waals surface area contributed by atoms with Crippen LogP contribution in [0.1, 0.15) is 29.7 Å². The van der Waals surface area contributed by atoms with Crippen molar-refractivity contribution >= 4 is 54.8 Å². The van der Waals surface area contributed by atoms with Gasteiger partial charge in [-0.05, 0) is 60.2 Å². The van der Waals surface area contributed by atoms with E-state index in [1.165, 1.54) is 11.1 Å². The second kappa shape index (κ2) is 10.0. The van der Waals surface area contributed by atoms with Gasteiger partial charge in [-0.1, -0.05) is 46.3 Å². The topological polar surface area (TPSA) is 112 Å². The molecular formula is C26H25BrN4O4S. The first-order chi connectivity index (χ1) is 17.3. The number of hydrogen-bond acceptors (Lipinski definition) is 7. The molecule has 0 amide bonds. The van der Waals surface area contributed by atoms with E-state index in [-0.39, 0.29) is 22.9 Å². The van der Waals surface area contributed by atoms with Crippen molar-refractivity contribution in [3.63, 3.8) is 0 Å². The molecule has 2 aliphatic rings. The minimum absolute atomic E-state index is 0.0674. The monoisotopic (exact) mass is 568 g/mol. The van der Waals surface area contributed by atoms with E-state index in [9.17, 15) is 13.2 Å². The van der Waals surface area contributed by atoms with Crippen LogP contribution >= 0.6 is 15.9 Å². The first-order valence-corrected chi connectivity index (χ1v) is 14.1. The minimum atomic E-state index is -3.51. The Morgan fingerprint density at radius 1 is 1.06 bits per heavy atom. The molecule has 0 saturated carbocycles. The van der Waals surface area contributed by atoms with Crippen LogP contribution in [0.2, 0.25) is 0 Å². The third kappa shape index (κ3) is 5.29. The lowest BCUT2D eigenvalue weighted by molar-refractivity contribution is -0.136. The molecule has 0 aliphatic carbocycles. The highest BCUT2D eigenvalue weighted by molar-refractivity contribution is 9.10. The van der Waals surface area contributed by atoms with Crippen LogP contribution in [-0.4, -0.2) is 48.3 Å². The summed E-state index contributed by atoms with van der Waals surface area (Å²) in [7, 11) is -3.51. The van der Waals surface area contributed by atoms with Gasteiger partial charge in [0.1, 0.15) is 4.90 Å². The summed E-state index contributed by atoms with van der Waals surface area (Å²) >= 11 is 3.47. The lowest BCUT2D eigenvalue weighted by atomic mass is 10.00. The second-order valence-corrected chi connectivity index (χ2v) is 11.9. The second-order valence-electron chi connectivity index (χ2n) is 8.90. The zero-order valence-electron chi connectivity index (χ0n) is 19.4. The van der Waals surface area contributed by atoms with Crippen molar-refractivity contribution in [1.82, 2.24) is 9.97 Å². The number of nitrogens with zero attached hydrogens (tertiary/aromatic N) is 3. The van der Waals surface area contributed by atoms with E-state index in [0.717, 1.165) is 17.4 Å². The fourth-order valence-corrected chi connectivity index (χ4v) is 6.42. The number of fused-ring (bicyclic) bond motifs is 1. The van der Waals surface area contributed by atoms with Crippen LogP contribution in [0.25, 0.3) is 5.57 Å². The number of aryl methyl sites for hydroxylation is 1. The number of rotatable bonds is 6. The number of aromatic nitrogens is 2. The van der Waals surface area contributed by atoms with Crippen LogP contribution < -0.4 is 10.2 Å². The van der Waals surface area contributed by atoms with E-state index >= 15 is 0 Å². The molecule has 0 saturated heterocycles. The Hall–Kier alpha value is -3.24. The number of nitrogens with one attached hydrogen (secondary N) is 1. The standard InChI is InChI=1S/C26H25BrN4O4S/c27-20-7-5-18(6-8-20)19-11-13-31(14-12-19)26-29-22-2-1-15-36(34,35)24(22)25(30-26)28-21-9-3-17(4-10-21)16-23(32)33/h3-11H,1-2,12-16H2,(H,32,33)(H,28,29,30). The quantitative estimate of drug-likeness (QED) is 0.442. The number of benzene rings is 2. The summed E-state index contributed by atoms with van der Waals surface area (Å²) in [5.74, 6) is -0.0710. The first-order valence-electron chi connectivity index (χ1n) is 11.7. The van der Waals surface area contributed by atoms with Gasteiger partial charge < -0.3 is 15.3 Å². The van der Waals surface area contributed by atoms with E-state index < -0.39 is 15.8 Å². The Morgan fingerprint density at radius 2 is 1.81 bits per heavy atom. The van der Waals surface area contributed by atoms with Crippen LogP contribution in [0, 0.1) is 0 Å². The Balaban J connectivity index is 1.45. The highest BCUT2D eigenvalue weighted by atomic mass is 79.9. The highest BCUT2D eigenvalue weighted by Gasteiger charge is 2.31. The van der Waals surface area contributed by atoms with Crippen LogP contribution in [0.15, 0.2) is 64.0 Å². The van der Waals surface area contributed by atoms with Gasteiger partial charge in [0.2, 0.25) is 5.95 Å². The van der Waals surface area contributed by atoms with Gasteiger partial charge in [0.15, 0.2) is 15.7 Å². The molecule has 0 fully saturated rings. The number of carbonyl (C=O) groups is 1. The normalized spacial score (nSPS) is 16.7. The number of carboxylic acid groups (broad SMARTS) is 1. The van der Waals surface area contributed by atoms with Crippen LogP contribution in [0.5, 0.6) is 0 Å². The lowest BCUT2D eigenvalue weighted by Crippen LogP contribution is -2.31. The van der Waals surface area contributed by atoms with E-state index in [0.29, 0.717) is 42.3 Å². The largest absolute Gasteiger partial charge is 0.481 e. The molecule has 2 aliphatic heterocycles. The highest BCUT2D eigenvalue weighted by Crippen LogP contribution is 2.34. The number of hydrogen-bond donors (Lipinski definition) is 2. The van der Waals surface area contributed by atoms with E-state index in [1.807, 2.05) is 12.1 Å². The van der Waals surface area contributed by atoms with Gasteiger partial charge >= 0.3 is 5.97 Å². The minimum Gasteiger partial charge on any atom is -0.481 e. The van der Waals surface area contributed by atoms with Crippen molar-refractivity contribution < 1.29 is 18.3 Å². The van der Waals surface area contributed by atoms with E-state index in [2.05, 4.69) is 54.3 Å². The molecule has 0 atom stereocenters. The summed E-state index contributed by atoms with van der Waals surface area (Å²) in [6.45, 7) is 1.34.